The van der Waals surface area contributed by atoms with E-state index in [1.54, 1.807) is 7.11 Å². The maximum atomic E-state index is 5.26. The van der Waals surface area contributed by atoms with Crippen molar-refractivity contribution in [3.8, 4) is 17.2 Å². The van der Waals surface area contributed by atoms with Crippen molar-refractivity contribution in [3.63, 3.8) is 0 Å². The van der Waals surface area contributed by atoms with E-state index in [1.165, 1.54) is 0 Å². The summed E-state index contributed by atoms with van der Waals surface area (Å²) in [6.45, 7) is 1.99. The topological polar surface area (TPSA) is 27.7 Å². The number of methoxy groups -OCH3 is 1. The van der Waals surface area contributed by atoms with Gasteiger partial charge in [-0.15, -0.1) is 0 Å². The number of ether oxygens (including phenoxy) is 1. The van der Waals surface area contributed by atoms with Crippen LogP contribution < -0.4 is 13.8 Å². The van der Waals surface area contributed by atoms with Crippen molar-refractivity contribution in [2.24, 2.45) is 0 Å². The third kappa shape index (κ3) is 1.10. The average Bonchev–Trinajstić information content (AvgIpc) is 2.50. The fourth-order valence-electron chi connectivity index (χ4n) is 1.14. The molecule has 1 atom stereocenters. The number of rotatable bonds is 1. The molecule has 12 heavy (non-hydrogen) atoms. The summed E-state index contributed by atoms with van der Waals surface area (Å²) in [5, 5.41) is 0. The molecule has 0 N–H and O–H groups in total. The van der Waals surface area contributed by atoms with Gasteiger partial charge in [0.25, 0.3) is 9.03 Å². The van der Waals surface area contributed by atoms with Gasteiger partial charge in [0.05, 0.1) is 7.11 Å². The van der Waals surface area contributed by atoms with Crippen LogP contribution in [0.15, 0.2) is 12.1 Å². The summed E-state index contributed by atoms with van der Waals surface area (Å²) in [4.78, 5) is 0. The van der Waals surface area contributed by atoms with E-state index in [0.29, 0.717) is 0 Å². The molecule has 1 aliphatic heterocycles. The lowest BCUT2D eigenvalue weighted by molar-refractivity contribution is 0.400. The first-order valence-electron chi connectivity index (χ1n) is 3.58. The second-order valence-corrected chi connectivity index (χ2v) is 3.16. The molecular formula is C8H9O3P. The highest BCUT2D eigenvalue weighted by atomic mass is 31.1. The monoisotopic (exact) mass is 184 g/mol. The Morgan fingerprint density at radius 1 is 1.33 bits per heavy atom. The maximum Gasteiger partial charge on any atom is 0.275 e. The Labute approximate surface area is 72.6 Å². The number of aryl methyl sites for hydroxylation is 1. The molecule has 3 nitrogen and oxygen atoms in total. The highest BCUT2D eigenvalue weighted by molar-refractivity contribution is 7.27. The molecule has 1 unspecified atom stereocenters. The van der Waals surface area contributed by atoms with Crippen molar-refractivity contribution in [1.82, 2.24) is 0 Å². The standard InChI is InChI=1S/C8H9O3P/c1-5-3-6(9-2)8-7(4-5)10-12-11-8/h3-4,12H,1-2H3. The van der Waals surface area contributed by atoms with E-state index in [1.807, 2.05) is 19.1 Å². The molecule has 0 amide bonds. The first-order valence-corrected chi connectivity index (χ1v) is 4.40. The van der Waals surface area contributed by atoms with Gasteiger partial charge in [-0.2, -0.15) is 0 Å². The fourth-order valence-corrected chi connectivity index (χ4v) is 1.71. The minimum absolute atomic E-state index is 0.0621. The molecule has 0 aliphatic carbocycles. The van der Waals surface area contributed by atoms with Crippen LogP contribution >= 0.6 is 9.03 Å². The quantitative estimate of drug-likeness (QED) is 0.626. The van der Waals surface area contributed by atoms with Crippen LogP contribution in [0.1, 0.15) is 5.56 Å². The molecule has 4 heteroatoms. The van der Waals surface area contributed by atoms with Gasteiger partial charge in [0, 0.05) is 0 Å². The van der Waals surface area contributed by atoms with Crippen LogP contribution in [0.3, 0.4) is 0 Å². The Kier molecular flexibility index (Phi) is 1.81. The first kappa shape index (κ1) is 7.69. The summed E-state index contributed by atoms with van der Waals surface area (Å²) in [7, 11) is 1.69. The SMILES string of the molecule is COc1cc(C)cc2c1OPO2. The van der Waals surface area contributed by atoms with Crippen LogP contribution in [0.4, 0.5) is 0 Å². The van der Waals surface area contributed by atoms with E-state index in [0.717, 1.165) is 22.8 Å². The van der Waals surface area contributed by atoms with E-state index >= 15 is 0 Å². The van der Waals surface area contributed by atoms with Gasteiger partial charge in [0.1, 0.15) is 0 Å². The van der Waals surface area contributed by atoms with Gasteiger partial charge in [0.15, 0.2) is 11.5 Å². The molecular weight excluding hydrogens is 175 g/mol. The lowest BCUT2D eigenvalue weighted by atomic mass is 10.2. The molecule has 0 fully saturated rings. The minimum atomic E-state index is 0.0621. The van der Waals surface area contributed by atoms with Crippen LogP contribution in [-0.4, -0.2) is 7.11 Å². The molecule has 0 spiro atoms. The first-order chi connectivity index (χ1) is 5.81. The maximum absolute atomic E-state index is 5.26. The molecule has 0 saturated carbocycles. The molecule has 0 saturated heterocycles. The zero-order valence-electron chi connectivity index (χ0n) is 6.88. The van der Waals surface area contributed by atoms with Gasteiger partial charge in [-0.3, -0.25) is 0 Å². The van der Waals surface area contributed by atoms with Crippen LogP contribution in [-0.2, 0) is 0 Å². The van der Waals surface area contributed by atoms with Crippen molar-refractivity contribution >= 4 is 9.03 Å². The predicted molar refractivity (Wildman–Crippen MR) is 47.3 cm³/mol. The predicted octanol–water partition coefficient (Wildman–Crippen LogP) is 2.28. The van der Waals surface area contributed by atoms with E-state index in [-0.39, 0.29) is 9.03 Å². The van der Waals surface area contributed by atoms with Crippen LogP contribution in [0, 0.1) is 6.92 Å². The molecule has 1 aliphatic rings. The highest BCUT2D eigenvalue weighted by Crippen LogP contribution is 2.48. The third-order valence-corrected chi connectivity index (χ3v) is 2.27. The van der Waals surface area contributed by atoms with Gasteiger partial charge in [-0.25, -0.2) is 0 Å². The van der Waals surface area contributed by atoms with Gasteiger partial charge in [-0.1, -0.05) is 0 Å². The van der Waals surface area contributed by atoms with Crippen LogP contribution in [0.5, 0.6) is 17.2 Å². The Bertz CT molecular complexity index is 311. The molecule has 1 heterocycles. The molecule has 0 aromatic heterocycles. The van der Waals surface area contributed by atoms with E-state index in [2.05, 4.69) is 0 Å². The summed E-state index contributed by atoms with van der Waals surface area (Å²) >= 11 is 0. The summed E-state index contributed by atoms with van der Waals surface area (Å²) in [6, 6.07) is 3.87. The van der Waals surface area contributed by atoms with Gasteiger partial charge in [-0.05, 0) is 24.6 Å². The van der Waals surface area contributed by atoms with E-state index in [4.69, 9.17) is 13.8 Å². The van der Waals surface area contributed by atoms with Gasteiger partial charge >= 0.3 is 0 Å². The average molecular weight is 184 g/mol. The molecule has 0 bridgehead atoms. The zero-order valence-corrected chi connectivity index (χ0v) is 7.88. The second kappa shape index (κ2) is 2.83. The molecule has 2 rings (SSSR count). The third-order valence-electron chi connectivity index (χ3n) is 1.68. The Hall–Kier alpha value is -0.950. The van der Waals surface area contributed by atoms with Gasteiger partial charge < -0.3 is 13.8 Å². The summed E-state index contributed by atoms with van der Waals surface area (Å²) in [6.07, 6.45) is 0. The molecule has 0 radical (unpaired) electrons. The van der Waals surface area contributed by atoms with E-state index < -0.39 is 0 Å². The number of hydrogen-bond acceptors (Lipinski definition) is 3. The summed E-state index contributed by atoms with van der Waals surface area (Å²) < 4.78 is 15.6. The lowest BCUT2D eigenvalue weighted by Crippen LogP contribution is -1.85. The smallest absolute Gasteiger partial charge is 0.275 e. The largest absolute Gasteiger partial charge is 0.493 e. The van der Waals surface area contributed by atoms with Crippen molar-refractivity contribution in [2.75, 3.05) is 7.11 Å². The number of benzene rings is 1. The number of fused-ring (bicyclic) bond motifs is 1. The summed E-state index contributed by atoms with van der Waals surface area (Å²) in [5.41, 5.74) is 1.11. The normalized spacial score (nSPS) is 15.2. The van der Waals surface area contributed by atoms with E-state index in [9.17, 15) is 0 Å². The molecule has 1 aromatic rings. The van der Waals surface area contributed by atoms with Crippen molar-refractivity contribution in [1.29, 1.82) is 0 Å². The molecule has 64 valence electrons. The number of hydrogen-bond donors (Lipinski definition) is 0. The second-order valence-electron chi connectivity index (χ2n) is 2.58. The Morgan fingerprint density at radius 3 is 2.92 bits per heavy atom. The van der Waals surface area contributed by atoms with Crippen molar-refractivity contribution < 1.29 is 13.8 Å². The summed E-state index contributed by atoms with van der Waals surface area (Å²) in [5.74, 6) is 2.25. The van der Waals surface area contributed by atoms with Crippen molar-refractivity contribution in [3.05, 3.63) is 17.7 Å². The Morgan fingerprint density at radius 2 is 2.17 bits per heavy atom. The van der Waals surface area contributed by atoms with Gasteiger partial charge in [0.2, 0.25) is 5.75 Å². The van der Waals surface area contributed by atoms with Crippen LogP contribution in [0.25, 0.3) is 0 Å². The van der Waals surface area contributed by atoms with Crippen LogP contribution in [0.2, 0.25) is 0 Å². The zero-order chi connectivity index (χ0) is 8.55. The van der Waals surface area contributed by atoms with Crippen molar-refractivity contribution in [2.45, 2.75) is 6.92 Å². The minimum Gasteiger partial charge on any atom is -0.493 e. The molecule has 1 aromatic carbocycles. The Balaban J connectivity index is 2.55. The fraction of sp³-hybridized carbons (Fsp3) is 0.250. The lowest BCUT2D eigenvalue weighted by Gasteiger charge is -2.04. The highest BCUT2D eigenvalue weighted by Gasteiger charge is 2.19.